The summed E-state index contributed by atoms with van der Waals surface area (Å²) in [4.78, 5) is 30.3. The number of allylic oxidation sites excluding steroid dienone is 2. The van der Waals surface area contributed by atoms with Crippen molar-refractivity contribution in [2.45, 2.75) is 19.8 Å². The molecule has 1 aromatic heterocycles. The Hall–Kier alpha value is -1.49. The van der Waals surface area contributed by atoms with E-state index in [1.807, 2.05) is 25.1 Å². The molecule has 0 aromatic carbocycles. The van der Waals surface area contributed by atoms with Gasteiger partial charge in [-0.05, 0) is 47.3 Å². The number of aromatic nitrogens is 1. The van der Waals surface area contributed by atoms with E-state index in [0.29, 0.717) is 18.7 Å². The van der Waals surface area contributed by atoms with Crippen molar-refractivity contribution in [3.8, 4) is 0 Å². The number of pyridine rings is 1. The quantitative estimate of drug-likeness (QED) is 0.590. The summed E-state index contributed by atoms with van der Waals surface area (Å²) in [5, 5.41) is 0. The molecule has 0 spiro atoms. The highest BCUT2D eigenvalue weighted by molar-refractivity contribution is 9.10. The van der Waals surface area contributed by atoms with E-state index < -0.39 is 0 Å². The van der Waals surface area contributed by atoms with Crippen molar-refractivity contribution in [2.75, 3.05) is 4.90 Å². The number of rotatable bonds is 1. The van der Waals surface area contributed by atoms with Gasteiger partial charge in [-0.25, -0.2) is 9.88 Å². The highest BCUT2D eigenvalue weighted by Gasteiger charge is 2.48. The number of hydrogen-bond donors (Lipinski definition) is 0. The second-order valence-electron chi connectivity index (χ2n) is 4.96. The normalized spacial score (nSPS) is 25.9. The molecule has 1 fully saturated rings. The summed E-state index contributed by atoms with van der Waals surface area (Å²) in [6.45, 7) is 1.86. The van der Waals surface area contributed by atoms with Gasteiger partial charge in [0.2, 0.25) is 11.8 Å². The molecule has 1 saturated heterocycles. The lowest BCUT2D eigenvalue weighted by molar-refractivity contribution is -0.122. The third kappa shape index (κ3) is 1.92. The van der Waals surface area contributed by atoms with Gasteiger partial charge in [-0.15, -0.1) is 0 Å². The molecule has 1 aliphatic heterocycles. The lowest BCUT2D eigenvalue weighted by Gasteiger charge is -2.16. The predicted octanol–water partition coefficient (Wildman–Crippen LogP) is 2.61. The van der Waals surface area contributed by atoms with E-state index >= 15 is 0 Å². The van der Waals surface area contributed by atoms with Crippen LogP contribution in [0.3, 0.4) is 0 Å². The van der Waals surface area contributed by atoms with E-state index in [4.69, 9.17) is 0 Å². The molecule has 1 aromatic rings. The van der Waals surface area contributed by atoms with Crippen molar-refractivity contribution in [2.24, 2.45) is 11.8 Å². The van der Waals surface area contributed by atoms with Crippen LogP contribution in [-0.2, 0) is 9.59 Å². The maximum atomic E-state index is 12.4. The Balaban J connectivity index is 2.02. The van der Waals surface area contributed by atoms with Gasteiger partial charge >= 0.3 is 0 Å². The molecule has 3 rings (SSSR count). The largest absolute Gasteiger partial charge is 0.274 e. The van der Waals surface area contributed by atoms with Crippen LogP contribution < -0.4 is 4.90 Å². The molecule has 1 aliphatic carbocycles. The van der Waals surface area contributed by atoms with Crippen LogP contribution in [0.5, 0.6) is 0 Å². The molecule has 2 atom stereocenters. The molecule has 0 N–H and O–H groups in total. The number of imide groups is 1. The van der Waals surface area contributed by atoms with Crippen molar-refractivity contribution in [1.82, 2.24) is 4.98 Å². The number of aryl methyl sites for hydroxylation is 1. The van der Waals surface area contributed by atoms with Crippen LogP contribution in [0.2, 0.25) is 0 Å². The van der Waals surface area contributed by atoms with Crippen molar-refractivity contribution in [1.29, 1.82) is 0 Å². The summed E-state index contributed by atoms with van der Waals surface area (Å²) in [6.07, 6.45) is 6.89. The van der Waals surface area contributed by atoms with E-state index in [-0.39, 0.29) is 23.7 Å². The highest BCUT2D eigenvalue weighted by atomic mass is 79.9. The molecule has 0 bridgehead atoms. The van der Waals surface area contributed by atoms with Crippen molar-refractivity contribution >= 4 is 33.6 Å². The van der Waals surface area contributed by atoms with Gasteiger partial charge in [0, 0.05) is 10.7 Å². The molecule has 2 amide bonds. The average Bonchev–Trinajstić information content (AvgIpc) is 2.64. The number of carbonyl (C=O) groups excluding carboxylic acids is 2. The number of fused-ring (bicyclic) bond motifs is 1. The fraction of sp³-hybridized carbons (Fsp3) is 0.357. The summed E-state index contributed by atoms with van der Waals surface area (Å²) < 4.78 is 0.840. The molecule has 98 valence electrons. The van der Waals surface area contributed by atoms with E-state index in [1.165, 1.54) is 4.90 Å². The standard InChI is InChI=1S/C14H13BrN2O2/c1-8-6-9(15)7-16-12(8)17-13(18)10-4-2-3-5-11(10)14(17)19/h2-3,6-7,10-11H,4-5H2,1H3/t10-,11+. The third-order valence-electron chi connectivity index (χ3n) is 3.74. The second-order valence-corrected chi connectivity index (χ2v) is 5.88. The van der Waals surface area contributed by atoms with Crippen molar-refractivity contribution < 1.29 is 9.59 Å². The first-order valence-electron chi connectivity index (χ1n) is 6.24. The number of nitrogens with zero attached hydrogens (tertiary/aromatic N) is 2. The lowest BCUT2D eigenvalue weighted by Crippen LogP contribution is -2.32. The molecule has 4 nitrogen and oxygen atoms in total. The van der Waals surface area contributed by atoms with Gasteiger partial charge in [0.05, 0.1) is 11.8 Å². The van der Waals surface area contributed by atoms with Gasteiger partial charge in [0.25, 0.3) is 0 Å². The molecule has 2 aliphatic rings. The Morgan fingerprint density at radius 1 is 1.21 bits per heavy atom. The molecule has 0 saturated carbocycles. The van der Waals surface area contributed by atoms with Crippen LogP contribution in [0.25, 0.3) is 0 Å². The van der Waals surface area contributed by atoms with Crippen LogP contribution in [-0.4, -0.2) is 16.8 Å². The Morgan fingerprint density at radius 3 is 2.32 bits per heavy atom. The number of carbonyl (C=O) groups is 2. The summed E-state index contributed by atoms with van der Waals surface area (Å²) in [7, 11) is 0. The van der Waals surface area contributed by atoms with Gasteiger partial charge in [-0.1, -0.05) is 12.2 Å². The van der Waals surface area contributed by atoms with Gasteiger partial charge in [-0.2, -0.15) is 0 Å². The number of amides is 2. The van der Waals surface area contributed by atoms with Gasteiger partial charge in [0.15, 0.2) is 0 Å². The highest BCUT2D eigenvalue weighted by Crippen LogP contribution is 2.38. The van der Waals surface area contributed by atoms with E-state index in [9.17, 15) is 9.59 Å². The first-order chi connectivity index (χ1) is 9.09. The monoisotopic (exact) mass is 320 g/mol. The maximum absolute atomic E-state index is 12.4. The van der Waals surface area contributed by atoms with Crippen LogP contribution >= 0.6 is 15.9 Å². The van der Waals surface area contributed by atoms with Crippen LogP contribution in [0.1, 0.15) is 18.4 Å². The van der Waals surface area contributed by atoms with Crippen LogP contribution in [0, 0.1) is 18.8 Å². The predicted molar refractivity (Wildman–Crippen MR) is 74.5 cm³/mol. The Morgan fingerprint density at radius 2 is 1.79 bits per heavy atom. The maximum Gasteiger partial charge on any atom is 0.239 e. The average molecular weight is 321 g/mol. The van der Waals surface area contributed by atoms with E-state index in [0.717, 1.165) is 10.0 Å². The Bertz CT molecular complexity index is 571. The lowest BCUT2D eigenvalue weighted by atomic mass is 9.85. The molecule has 19 heavy (non-hydrogen) atoms. The number of anilines is 1. The molecule has 2 heterocycles. The van der Waals surface area contributed by atoms with Crippen LogP contribution in [0.4, 0.5) is 5.82 Å². The molecule has 0 unspecified atom stereocenters. The third-order valence-corrected chi connectivity index (χ3v) is 4.17. The zero-order chi connectivity index (χ0) is 13.6. The van der Waals surface area contributed by atoms with E-state index in [1.54, 1.807) is 6.20 Å². The van der Waals surface area contributed by atoms with Crippen molar-refractivity contribution in [3.05, 3.63) is 34.5 Å². The van der Waals surface area contributed by atoms with Gasteiger partial charge in [-0.3, -0.25) is 9.59 Å². The zero-order valence-electron chi connectivity index (χ0n) is 10.5. The molecule has 5 heteroatoms. The minimum atomic E-state index is -0.206. The van der Waals surface area contributed by atoms with Gasteiger partial charge < -0.3 is 0 Å². The van der Waals surface area contributed by atoms with Gasteiger partial charge in [0.1, 0.15) is 5.82 Å². The zero-order valence-corrected chi connectivity index (χ0v) is 12.1. The molecular weight excluding hydrogens is 308 g/mol. The summed E-state index contributed by atoms with van der Waals surface area (Å²) in [5.41, 5.74) is 0.822. The Kier molecular flexibility index (Phi) is 3.01. The summed E-state index contributed by atoms with van der Waals surface area (Å²) in [5.74, 6) is -0.174. The fourth-order valence-corrected chi connectivity index (χ4v) is 3.22. The molecular formula is C14H13BrN2O2. The van der Waals surface area contributed by atoms with Crippen LogP contribution in [0.15, 0.2) is 28.9 Å². The second kappa shape index (κ2) is 4.56. The number of halogens is 1. The number of hydrogen-bond acceptors (Lipinski definition) is 3. The fourth-order valence-electron chi connectivity index (χ4n) is 2.78. The minimum absolute atomic E-state index is 0.114. The van der Waals surface area contributed by atoms with E-state index in [2.05, 4.69) is 20.9 Å². The summed E-state index contributed by atoms with van der Waals surface area (Å²) in [6, 6.07) is 1.86. The Labute approximate surface area is 119 Å². The minimum Gasteiger partial charge on any atom is -0.274 e. The first kappa shape index (κ1) is 12.5. The molecule has 0 radical (unpaired) electrons. The summed E-state index contributed by atoms with van der Waals surface area (Å²) >= 11 is 3.34. The smallest absolute Gasteiger partial charge is 0.239 e. The van der Waals surface area contributed by atoms with Crippen molar-refractivity contribution in [3.63, 3.8) is 0 Å². The topological polar surface area (TPSA) is 50.3 Å². The first-order valence-corrected chi connectivity index (χ1v) is 7.04. The SMILES string of the molecule is Cc1cc(Br)cnc1N1C(=O)[C@H]2CC=CC[C@H]2C1=O.